The van der Waals surface area contributed by atoms with Gasteiger partial charge in [-0.1, -0.05) is 26.7 Å². The molecule has 146 valence electrons. The standard InChI is InChI=1S/C21H28N2O3S/c1-13-6-5-7-17(14(13)2)23-20(24)11-16-12-27-21(22-16)15-8-9-18(25-3)19(10-15)26-4/h8-10,12-14,17H,5-7,11H2,1-4H3,(H,23,24). The van der Waals surface area contributed by atoms with Gasteiger partial charge in [-0.05, 0) is 36.5 Å². The van der Waals surface area contributed by atoms with Crippen LogP contribution in [0.25, 0.3) is 10.6 Å². The molecule has 1 amide bonds. The van der Waals surface area contributed by atoms with E-state index in [-0.39, 0.29) is 11.9 Å². The Morgan fingerprint density at radius 2 is 2.00 bits per heavy atom. The summed E-state index contributed by atoms with van der Waals surface area (Å²) in [7, 11) is 3.23. The molecule has 1 fully saturated rings. The molecular weight excluding hydrogens is 360 g/mol. The third kappa shape index (κ3) is 4.61. The van der Waals surface area contributed by atoms with Crippen molar-refractivity contribution >= 4 is 17.2 Å². The van der Waals surface area contributed by atoms with Crippen LogP contribution in [0.1, 0.15) is 38.8 Å². The lowest BCUT2D eigenvalue weighted by molar-refractivity contribution is -0.121. The van der Waals surface area contributed by atoms with Crippen molar-refractivity contribution in [2.75, 3.05) is 14.2 Å². The van der Waals surface area contributed by atoms with Crippen molar-refractivity contribution in [3.05, 3.63) is 29.3 Å². The Labute approximate surface area is 165 Å². The molecule has 2 aromatic rings. The third-order valence-electron chi connectivity index (χ3n) is 5.58. The quantitative estimate of drug-likeness (QED) is 0.801. The van der Waals surface area contributed by atoms with E-state index in [9.17, 15) is 4.79 Å². The average molecular weight is 389 g/mol. The number of aromatic nitrogens is 1. The van der Waals surface area contributed by atoms with Crippen LogP contribution in [-0.4, -0.2) is 31.2 Å². The fraction of sp³-hybridized carbons (Fsp3) is 0.524. The first kappa shape index (κ1) is 19.7. The monoisotopic (exact) mass is 388 g/mol. The molecule has 0 spiro atoms. The SMILES string of the molecule is COc1ccc(-c2nc(CC(=O)NC3CCCC(C)C3C)cs2)cc1OC. The first-order valence-electron chi connectivity index (χ1n) is 9.48. The molecule has 3 unspecified atom stereocenters. The van der Waals surface area contributed by atoms with Crippen LogP contribution >= 0.6 is 11.3 Å². The van der Waals surface area contributed by atoms with Crippen molar-refractivity contribution < 1.29 is 14.3 Å². The molecule has 3 atom stereocenters. The highest BCUT2D eigenvalue weighted by Crippen LogP contribution is 2.34. The Hall–Kier alpha value is -2.08. The number of carbonyl (C=O) groups is 1. The summed E-state index contributed by atoms with van der Waals surface area (Å²) in [6, 6.07) is 6.01. The van der Waals surface area contributed by atoms with Crippen molar-refractivity contribution in [2.45, 2.75) is 45.6 Å². The van der Waals surface area contributed by atoms with Gasteiger partial charge in [0.25, 0.3) is 0 Å². The molecule has 1 aliphatic rings. The van der Waals surface area contributed by atoms with Gasteiger partial charge in [0.1, 0.15) is 5.01 Å². The number of hydrogen-bond acceptors (Lipinski definition) is 5. The molecule has 1 aromatic heterocycles. The highest BCUT2D eigenvalue weighted by molar-refractivity contribution is 7.13. The van der Waals surface area contributed by atoms with Gasteiger partial charge in [0.2, 0.25) is 5.91 Å². The van der Waals surface area contributed by atoms with Crippen molar-refractivity contribution in [3.63, 3.8) is 0 Å². The van der Waals surface area contributed by atoms with E-state index < -0.39 is 0 Å². The van der Waals surface area contributed by atoms with Crippen LogP contribution in [0, 0.1) is 11.8 Å². The van der Waals surface area contributed by atoms with Gasteiger partial charge in [0.05, 0.1) is 26.3 Å². The minimum Gasteiger partial charge on any atom is -0.493 e. The minimum atomic E-state index is 0.0603. The fourth-order valence-corrected chi connectivity index (χ4v) is 4.51. The molecule has 27 heavy (non-hydrogen) atoms. The summed E-state index contributed by atoms with van der Waals surface area (Å²) in [6.45, 7) is 4.52. The summed E-state index contributed by atoms with van der Waals surface area (Å²) in [5, 5.41) is 6.05. The number of methoxy groups -OCH3 is 2. The zero-order valence-electron chi connectivity index (χ0n) is 16.5. The van der Waals surface area contributed by atoms with E-state index in [2.05, 4.69) is 24.1 Å². The van der Waals surface area contributed by atoms with Gasteiger partial charge in [-0.3, -0.25) is 4.79 Å². The number of carbonyl (C=O) groups excluding carboxylic acids is 1. The highest BCUT2D eigenvalue weighted by Gasteiger charge is 2.28. The molecule has 1 aromatic carbocycles. The van der Waals surface area contributed by atoms with Gasteiger partial charge >= 0.3 is 0 Å². The molecular formula is C21H28N2O3S. The predicted octanol–water partition coefficient (Wildman–Crippen LogP) is 4.31. The summed E-state index contributed by atoms with van der Waals surface area (Å²) in [4.78, 5) is 17.1. The van der Waals surface area contributed by atoms with E-state index in [0.717, 1.165) is 22.7 Å². The Bertz CT molecular complexity index is 789. The maximum atomic E-state index is 12.5. The zero-order valence-corrected chi connectivity index (χ0v) is 17.3. The van der Waals surface area contributed by atoms with Gasteiger partial charge in [0, 0.05) is 17.0 Å². The Morgan fingerprint density at radius 3 is 2.74 bits per heavy atom. The molecule has 1 aliphatic carbocycles. The van der Waals surface area contributed by atoms with E-state index >= 15 is 0 Å². The van der Waals surface area contributed by atoms with Crippen LogP contribution in [0.5, 0.6) is 11.5 Å². The van der Waals surface area contributed by atoms with Crippen LogP contribution in [0.15, 0.2) is 23.6 Å². The maximum Gasteiger partial charge on any atom is 0.226 e. The summed E-state index contributed by atoms with van der Waals surface area (Å²) in [6.07, 6.45) is 3.84. The predicted molar refractivity (Wildman–Crippen MR) is 108 cm³/mol. The summed E-state index contributed by atoms with van der Waals surface area (Å²) in [5.41, 5.74) is 1.76. The molecule has 1 saturated carbocycles. The Balaban J connectivity index is 1.65. The Morgan fingerprint density at radius 1 is 1.22 bits per heavy atom. The van der Waals surface area contributed by atoms with Gasteiger partial charge < -0.3 is 14.8 Å². The van der Waals surface area contributed by atoms with E-state index in [4.69, 9.17) is 9.47 Å². The van der Waals surface area contributed by atoms with Gasteiger partial charge in [-0.15, -0.1) is 11.3 Å². The molecule has 1 N–H and O–H groups in total. The van der Waals surface area contributed by atoms with Gasteiger partial charge in [0.15, 0.2) is 11.5 Å². The van der Waals surface area contributed by atoms with Crippen molar-refractivity contribution in [2.24, 2.45) is 11.8 Å². The van der Waals surface area contributed by atoms with Crippen LogP contribution in [-0.2, 0) is 11.2 Å². The van der Waals surface area contributed by atoms with Crippen LogP contribution < -0.4 is 14.8 Å². The van der Waals surface area contributed by atoms with Crippen molar-refractivity contribution in [1.82, 2.24) is 10.3 Å². The number of thiazole rings is 1. The smallest absolute Gasteiger partial charge is 0.226 e. The number of ether oxygens (including phenoxy) is 2. The molecule has 3 rings (SSSR count). The lowest BCUT2D eigenvalue weighted by atomic mass is 9.78. The molecule has 0 radical (unpaired) electrons. The molecule has 0 aliphatic heterocycles. The largest absolute Gasteiger partial charge is 0.493 e. The summed E-state index contributed by atoms with van der Waals surface area (Å²) in [5.74, 6) is 2.61. The van der Waals surface area contributed by atoms with Crippen molar-refractivity contribution in [1.29, 1.82) is 0 Å². The summed E-state index contributed by atoms with van der Waals surface area (Å²) < 4.78 is 10.6. The molecule has 6 heteroatoms. The second-order valence-electron chi connectivity index (χ2n) is 7.33. The number of rotatable bonds is 6. The van der Waals surface area contributed by atoms with Gasteiger partial charge in [-0.2, -0.15) is 0 Å². The number of nitrogens with one attached hydrogen (secondary N) is 1. The van der Waals surface area contributed by atoms with Crippen molar-refractivity contribution in [3.8, 4) is 22.1 Å². The van der Waals surface area contributed by atoms with E-state index in [0.29, 0.717) is 29.8 Å². The molecule has 1 heterocycles. The third-order valence-corrected chi connectivity index (χ3v) is 6.52. The first-order valence-corrected chi connectivity index (χ1v) is 10.4. The average Bonchev–Trinajstić information content (AvgIpc) is 3.13. The van der Waals surface area contributed by atoms with Crippen LogP contribution in [0.4, 0.5) is 0 Å². The Kier molecular flexibility index (Phi) is 6.37. The second-order valence-corrected chi connectivity index (χ2v) is 8.19. The number of amides is 1. The first-order chi connectivity index (χ1) is 13.0. The summed E-state index contributed by atoms with van der Waals surface area (Å²) >= 11 is 1.54. The molecule has 0 bridgehead atoms. The topological polar surface area (TPSA) is 60.5 Å². The number of nitrogens with zero attached hydrogens (tertiary/aromatic N) is 1. The number of benzene rings is 1. The zero-order chi connectivity index (χ0) is 19.4. The second kappa shape index (κ2) is 8.74. The number of hydrogen-bond donors (Lipinski definition) is 1. The lowest BCUT2D eigenvalue weighted by Crippen LogP contribution is -2.44. The molecule has 0 saturated heterocycles. The van der Waals surface area contributed by atoms with E-state index in [1.807, 2.05) is 23.6 Å². The maximum absolute atomic E-state index is 12.5. The fourth-order valence-electron chi connectivity index (χ4n) is 3.70. The van der Waals surface area contributed by atoms with Crippen LogP contribution in [0.2, 0.25) is 0 Å². The molecule has 5 nitrogen and oxygen atoms in total. The lowest BCUT2D eigenvalue weighted by Gasteiger charge is -2.34. The van der Waals surface area contributed by atoms with E-state index in [1.54, 1.807) is 14.2 Å². The van der Waals surface area contributed by atoms with Gasteiger partial charge in [-0.25, -0.2) is 4.98 Å². The minimum absolute atomic E-state index is 0.0603. The highest BCUT2D eigenvalue weighted by atomic mass is 32.1. The van der Waals surface area contributed by atoms with Crippen LogP contribution in [0.3, 0.4) is 0 Å². The normalized spacial score (nSPS) is 22.3. The van der Waals surface area contributed by atoms with E-state index in [1.165, 1.54) is 24.2 Å².